The lowest BCUT2D eigenvalue weighted by Crippen LogP contribution is -2.36. The monoisotopic (exact) mass is 281 g/mol. The van der Waals surface area contributed by atoms with Gasteiger partial charge < -0.3 is 5.73 Å². The maximum absolute atomic E-state index is 11.2. The van der Waals surface area contributed by atoms with Crippen LogP contribution in [-0.2, 0) is 10.5 Å². The molecule has 0 bridgehead atoms. The molecule has 1 aliphatic heterocycles. The van der Waals surface area contributed by atoms with E-state index >= 15 is 0 Å². The highest BCUT2D eigenvalue weighted by atomic mass is 32.2. The highest BCUT2D eigenvalue weighted by molar-refractivity contribution is 8.38. The van der Waals surface area contributed by atoms with Gasteiger partial charge in [-0.05, 0) is 11.6 Å². The summed E-state index contributed by atoms with van der Waals surface area (Å²) in [6.45, 7) is 0. The summed E-state index contributed by atoms with van der Waals surface area (Å²) in [5, 5.41) is 2.02. The highest BCUT2D eigenvalue weighted by Gasteiger charge is 2.14. The topological polar surface area (TPSA) is 84.5 Å². The zero-order valence-corrected chi connectivity index (χ0v) is 11.0. The van der Waals surface area contributed by atoms with Gasteiger partial charge >= 0.3 is 6.03 Å². The third kappa shape index (κ3) is 3.51. The molecule has 5 nitrogen and oxygen atoms in total. The summed E-state index contributed by atoms with van der Waals surface area (Å²) in [6, 6.07) is 7.06. The van der Waals surface area contributed by atoms with Crippen LogP contribution in [0.15, 0.2) is 29.3 Å². The van der Waals surface area contributed by atoms with Gasteiger partial charge in [-0.3, -0.25) is 10.1 Å². The second kappa shape index (κ2) is 5.92. The number of carbonyl (C=O) groups excluding carboxylic acids is 2. The maximum Gasteiger partial charge on any atom is 0.318 e. The molecule has 7 heteroatoms. The Hall–Kier alpha value is -1.47. The van der Waals surface area contributed by atoms with Crippen molar-refractivity contribution >= 4 is 45.5 Å². The fourth-order valence-electron chi connectivity index (χ4n) is 1.39. The van der Waals surface area contributed by atoms with E-state index in [0.29, 0.717) is 0 Å². The van der Waals surface area contributed by atoms with Gasteiger partial charge in [0.05, 0.1) is 11.4 Å². The molecule has 0 saturated carbocycles. The van der Waals surface area contributed by atoms with Crippen molar-refractivity contribution in [1.29, 1.82) is 0 Å². The van der Waals surface area contributed by atoms with Gasteiger partial charge in [0, 0.05) is 5.75 Å². The van der Waals surface area contributed by atoms with Crippen molar-refractivity contribution in [2.24, 2.45) is 10.7 Å². The van der Waals surface area contributed by atoms with Gasteiger partial charge in [0.1, 0.15) is 4.38 Å². The molecule has 1 heterocycles. The number of para-hydroxylation sites is 1. The van der Waals surface area contributed by atoms with Gasteiger partial charge in [-0.25, -0.2) is 9.79 Å². The summed E-state index contributed by atoms with van der Waals surface area (Å²) >= 11 is 2.89. The number of amides is 3. The molecule has 0 spiro atoms. The maximum atomic E-state index is 11.2. The van der Waals surface area contributed by atoms with Crippen LogP contribution in [-0.4, -0.2) is 22.1 Å². The number of thioether (sulfide) groups is 2. The predicted molar refractivity (Wildman–Crippen MR) is 75.0 cm³/mol. The van der Waals surface area contributed by atoms with Crippen molar-refractivity contribution in [3.8, 4) is 0 Å². The van der Waals surface area contributed by atoms with E-state index in [4.69, 9.17) is 5.73 Å². The van der Waals surface area contributed by atoms with Crippen LogP contribution in [0.1, 0.15) is 5.56 Å². The second-order valence-corrected chi connectivity index (χ2v) is 5.68. The van der Waals surface area contributed by atoms with E-state index in [-0.39, 0.29) is 5.75 Å². The lowest BCUT2D eigenvalue weighted by molar-refractivity contribution is -0.117. The molecule has 1 aliphatic rings. The summed E-state index contributed by atoms with van der Waals surface area (Å²) < 4.78 is 0.827. The third-order valence-electron chi connectivity index (χ3n) is 2.14. The Morgan fingerprint density at radius 3 is 3.00 bits per heavy atom. The standard InChI is InChI=1S/C11H11N3O2S2/c12-10(16)14-9(15)6-18-11-13-8-4-2-1-3-7(8)5-17-11/h1-4H,5-6H2,(H3,12,14,15,16). The molecule has 1 aromatic carbocycles. The molecule has 2 rings (SSSR count). The first-order chi connectivity index (χ1) is 8.65. The number of nitrogens with zero attached hydrogens (tertiary/aromatic N) is 1. The first kappa shape index (κ1) is 13.0. The first-order valence-corrected chi connectivity index (χ1v) is 7.14. The summed E-state index contributed by atoms with van der Waals surface area (Å²) in [6.07, 6.45) is 0. The van der Waals surface area contributed by atoms with Crippen molar-refractivity contribution in [2.75, 3.05) is 5.75 Å². The van der Waals surface area contributed by atoms with Crippen LogP contribution < -0.4 is 11.1 Å². The van der Waals surface area contributed by atoms with E-state index in [1.165, 1.54) is 17.3 Å². The minimum absolute atomic E-state index is 0.136. The Morgan fingerprint density at radius 2 is 2.22 bits per heavy atom. The number of rotatable bonds is 2. The molecule has 0 aliphatic carbocycles. The first-order valence-electron chi connectivity index (χ1n) is 5.16. The van der Waals surface area contributed by atoms with Crippen LogP contribution in [0.3, 0.4) is 0 Å². The lowest BCUT2D eigenvalue weighted by Gasteiger charge is -2.13. The number of fused-ring (bicyclic) bond motifs is 1. The Kier molecular flexibility index (Phi) is 4.27. The molecule has 94 valence electrons. The van der Waals surface area contributed by atoms with Crippen LogP contribution in [0.4, 0.5) is 10.5 Å². The van der Waals surface area contributed by atoms with Crippen LogP contribution >= 0.6 is 23.5 Å². The smallest absolute Gasteiger partial charge is 0.318 e. The molecule has 0 unspecified atom stereocenters. The van der Waals surface area contributed by atoms with Crippen LogP contribution in [0.5, 0.6) is 0 Å². The molecular formula is C11H11N3O2S2. The normalized spacial score (nSPS) is 13.4. The number of urea groups is 1. The number of nitrogens with one attached hydrogen (secondary N) is 1. The molecule has 0 aromatic heterocycles. The number of hydrogen-bond donors (Lipinski definition) is 2. The lowest BCUT2D eigenvalue weighted by atomic mass is 10.2. The van der Waals surface area contributed by atoms with Crippen molar-refractivity contribution < 1.29 is 9.59 Å². The summed E-state index contributed by atoms with van der Waals surface area (Å²) in [4.78, 5) is 26.2. The number of benzene rings is 1. The quantitative estimate of drug-likeness (QED) is 0.866. The van der Waals surface area contributed by atoms with Crippen molar-refractivity contribution in [2.45, 2.75) is 5.75 Å². The zero-order chi connectivity index (χ0) is 13.0. The average Bonchev–Trinajstić information content (AvgIpc) is 2.35. The van der Waals surface area contributed by atoms with Crippen molar-refractivity contribution in [1.82, 2.24) is 5.32 Å². The number of primary amides is 1. The van der Waals surface area contributed by atoms with E-state index in [0.717, 1.165) is 15.8 Å². The van der Waals surface area contributed by atoms with E-state index in [9.17, 15) is 9.59 Å². The van der Waals surface area contributed by atoms with E-state index in [1.807, 2.05) is 29.6 Å². The zero-order valence-electron chi connectivity index (χ0n) is 9.38. The molecule has 0 radical (unpaired) electrons. The minimum atomic E-state index is -0.829. The number of hydrogen-bond acceptors (Lipinski definition) is 5. The Labute approximate surface area is 113 Å². The van der Waals surface area contributed by atoms with Crippen molar-refractivity contribution in [3.05, 3.63) is 29.8 Å². The number of nitrogens with two attached hydrogens (primary N) is 1. The Balaban J connectivity index is 1.94. The second-order valence-electron chi connectivity index (χ2n) is 3.50. The third-order valence-corrected chi connectivity index (χ3v) is 4.39. The van der Waals surface area contributed by atoms with Gasteiger partial charge in [0.25, 0.3) is 0 Å². The number of aliphatic imine (C=N–C) groups is 1. The van der Waals surface area contributed by atoms with E-state index < -0.39 is 11.9 Å². The molecule has 0 fully saturated rings. The highest BCUT2D eigenvalue weighted by Crippen LogP contribution is 2.34. The molecule has 3 N–H and O–H groups in total. The molecule has 0 atom stereocenters. The molecule has 18 heavy (non-hydrogen) atoms. The minimum Gasteiger partial charge on any atom is -0.351 e. The summed E-state index contributed by atoms with van der Waals surface area (Å²) in [7, 11) is 0. The summed E-state index contributed by atoms with van der Waals surface area (Å²) in [5.41, 5.74) is 6.98. The molecule has 0 saturated heterocycles. The van der Waals surface area contributed by atoms with Gasteiger partial charge in [0.15, 0.2) is 0 Å². The van der Waals surface area contributed by atoms with E-state index in [1.54, 1.807) is 11.8 Å². The van der Waals surface area contributed by atoms with Gasteiger partial charge in [-0.1, -0.05) is 41.7 Å². The SMILES string of the molecule is NC(=O)NC(=O)CSC1=Nc2ccccc2CS1. The fraction of sp³-hybridized carbons (Fsp3) is 0.182. The van der Waals surface area contributed by atoms with Crippen LogP contribution in [0, 0.1) is 0 Å². The number of imide groups is 1. The van der Waals surface area contributed by atoms with Crippen LogP contribution in [0.25, 0.3) is 0 Å². The number of carbonyl (C=O) groups is 2. The van der Waals surface area contributed by atoms with E-state index in [2.05, 4.69) is 4.99 Å². The average molecular weight is 281 g/mol. The Bertz CT molecular complexity index is 517. The van der Waals surface area contributed by atoms with Crippen LogP contribution in [0.2, 0.25) is 0 Å². The predicted octanol–water partition coefficient (Wildman–Crippen LogP) is 1.85. The fourth-order valence-corrected chi connectivity index (χ4v) is 3.25. The molecule has 3 amide bonds. The Morgan fingerprint density at radius 1 is 1.44 bits per heavy atom. The largest absolute Gasteiger partial charge is 0.351 e. The van der Waals surface area contributed by atoms with Gasteiger partial charge in [-0.2, -0.15) is 0 Å². The van der Waals surface area contributed by atoms with Gasteiger partial charge in [-0.15, -0.1) is 0 Å². The molecular weight excluding hydrogens is 270 g/mol. The molecule has 1 aromatic rings. The van der Waals surface area contributed by atoms with Gasteiger partial charge in [0.2, 0.25) is 5.91 Å². The van der Waals surface area contributed by atoms with Crippen molar-refractivity contribution in [3.63, 3.8) is 0 Å². The summed E-state index contributed by atoms with van der Waals surface area (Å²) in [5.74, 6) is 0.575.